The summed E-state index contributed by atoms with van der Waals surface area (Å²) < 4.78 is 38.4. The number of carbonyl (C=O) groups is 2. The van der Waals surface area contributed by atoms with Gasteiger partial charge in [-0.15, -0.1) is 0 Å². The summed E-state index contributed by atoms with van der Waals surface area (Å²) in [6.45, 7) is 0.0974. The third kappa shape index (κ3) is 6.18. The van der Waals surface area contributed by atoms with Crippen LogP contribution in [0, 0.1) is 0 Å². The molecule has 8 heteroatoms. The third-order valence-corrected chi connectivity index (χ3v) is 4.13. The molecule has 0 unspecified atom stereocenters. The van der Waals surface area contributed by atoms with Crippen LogP contribution in [0.5, 0.6) is 0 Å². The number of hydrogen-bond donors (Lipinski definition) is 2. The van der Waals surface area contributed by atoms with Gasteiger partial charge in [0.2, 0.25) is 11.8 Å². The molecule has 138 valence electrons. The maximum atomic E-state index is 12.8. The van der Waals surface area contributed by atoms with Gasteiger partial charge in [-0.1, -0.05) is 46.3 Å². The smallest absolute Gasteiger partial charge is 0.355 e. The molecule has 0 fully saturated rings. The Morgan fingerprint density at radius 1 is 1.00 bits per heavy atom. The predicted octanol–water partition coefficient (Wildman–Crippen LogP) is 4.16. The zero-order valence-electron chi connectivity index (χ0n) is 13.6. The van der Waals surface area contributed by atoms with Crippen LogP contribution in [0.2, 0.25) is 0 Å². The number of amides is 2. The topological polar surface area (TPSA) is 58.2 Å². The average molecular weight is 429 g/mol. The van der Waals surface area contributed by atoms with Gasteiger partial charge in [-0.05, 0) is 23.8 Å². The second-order valence-corrected chi connectivity index (χ2v) is 6.36. The highest BCUT2D eigenvalue weighted by Gasteiger charge is 2.33. The number of nitrogens with one attached hydrogen (secondary N) is 2. The fourth-order valence-corrected chi connectivity index (χ4v) is 2.67. The number of halogens is 4. The summed E-state index contributed by atoms with van der Waals surface area (Å²) in [6, 6.07) is 12.6. The van der Waals surface area contributed by atoms with Crippen molar-refractivity contribution >= 4 is 33.4 Å². The number of alkyl halides is 3. The van der Waals surface area contributed by atoms with Crippen LogP contribution in [-0.4, -0.2) is 18.4 Å². The van der Waals surface area contributed by atoms with Crippen molar-refractivity contribution in [3.63, 3.8) is 0 Å². The van der Waals surface area contributed by atoms with Crippen LogP contribution >= 0.6 is 15.9 Å². The molecule has 0 saturated carbocycles. The van der Waals surface area contributed by atoms with Crippen molar-refractivity contribution in [1.82, 2.24) is 5.32 Å². The van der Waals surface area contributed by atoms with E-state index in [1.165, 1.54) is 12.1 Å². The van der Waals surface area contributed by atoms with Crippen molar-refractivity contribution in [3.8, 4) is 0 Å². The Bertz CT molecular complexity index is 780. The first-order chi connectivity index (χ1) is 12.3. The molecule has 0 heterocycles. The molecule has 0 aliphatic heterocycles. The van der Waals surface area contributed by atoms with Gasteiger partial charge >= 0.3 is 6.18 Å². The zero-order chi connectivity index (χ0) is 19.2. The molecular weight excluding hydrogens is 413 g/mol. The molecule has 26 heavy (non-hydrogen) atoms. The molecule has 0 bridgehead atoms. The van der Waals surface area contributed by atoms with E-state index < -0.39 is 17.6 Å². The number of rotatable bonds is 6. The lowest BCUT2D eigenvalue weighted by Gasteiger charge is -2.12. The van der Waals surface area contributed by atoms with Crippen LogP contribution in [0.25, 0.3) is 0 Å². The van der Waals surface area contributed by atoms with Gasteiger partial charge in [-0.3, -0.25) is 9.59 Å². The van der Waals surface area contributed by atoms with Crippen molar-refractivity contribution in [3.05, 3.63) is 64.1 Å². The molecular formula is C18H16BrF3N2O2. The maximum absolute atomic E-state index is 12.8. The second kappa shape index (κ2) is 8.84. The Balaban J connectivity index is 1.81. The van der Waals surface area contributed by atoms with E-state index in [2.05, 4.69) is 26.6 Å². The SMILES string of the molecule is O=C(Cc1ccccc1)NCCC(=O)Nc1ccc(Br)c(C(F)(F)F)c1. The highest BCUT2D eigenvalue weighted by molar-refractivity contribution is 9.10. The molecule has 2 rings (SSSR count). The summed E-state index contributed by atoms with van der Waals surface area (Å²) in [5, 5.41) is 5.00. The Kier molecular flexibility index (Phi) is 6.79. The first kappa shape index (κ1) is 20.0. The molecule has 0 aliphatic carbocycles. The summed E-state index contributed by atoms with van der Waals surface area (Å²) in [4.78, 5) is 23.6. The maximum Gasteiger partial charge on any atom is 0.417 e. The lowest BCUT2D eigenvalue weighted by Crippen LogP contribution is -2.28. The lowest BCUT2D eigenvalue weighted by atomic mass is 10.1. The fraction of sp³-hybridized carbons (Fsp3) is 0.222. The van der Waals surface area contributed by atoms with Crippen molar-refractivity contribution in [2.45, 2.75) is 19.0 Å². The van der Waals surface area contributed by atoms with E-state index in [0.29, 0.717) is 0 Å². The molecule has 0 aliphatic rings. The van der Waals surface area contributed by atoms with Crippen molar-refractivity contribution in [2.24, 2.45) is 0 Å². The number of anilines is 1. The largest absolute Gasteiger partial charge is 0.417 e. The van der Waals surface area contributed by atoms with Crippen LogP contribution in [0.1, 0.15) is 17.5 Å². The summed E-state index contributed by atoms with van der Waals surface area (Å²) in [5.41, 5.74) is 0.0246. The van der Waals surface area contributed by atoms with E-state index in [-0.39, 0.29) is 35.5 Å². The molecule has 2 N–H and O–H groups in total. The van der Waals surface area contributed by atoms with Gasteiger partial charge in [0, 0.05) is 23.1 Å². The first-order valence-electron chi connectivity index (χ1n) is 7.73. The minimum Gasteiger partial charge on any atom is -0.355 e. The van der Waals surface area contributed by atoms with E-state index in [9.17, 15) is 22.8 Å². The molecule has 2 aromatic carbocycles. The van der Waals surface area contributed by atoms with E-state index in [0.717, 1.165) is 11.6 Å². The number of carbonyl (C=O) groups excluding carboxylic acids is 2. The van der Waals surface area contributed by atoms with Crippen LogP contribution in [0.15, 0.2) is 53.0 Å². The monoisotopic (exact) mass is 428 g/mol. The van der Waals surface area contributed by atoms with E-state index in [1.807, 2.05) is 30.3 Å². The zero-order valence-corrected chi connectivity index (χ0v) is 15.2. The van der Waals surface area contributed by atoms with Gasteiger partial charge in [0.1, 0.15) is 0 Å². The molecule has 0 saturated heterocycles. The van der Waals surface area contributed by atoms with Gasteiger partial charge < -0.3 is 10.6 Å². The average Bonchev–Trinajstić information content (AvgIpc) is 2.56. The Morgan fingerprint density at radius 3 is 2.35 bits per heavy atom. The number of hydrogen-bond acceptors (Lipinski definition) is 2. The molecule has 4 nitrogen and oxygen atoms in total. The van der Waals surface area contributed by atoms with E-state index in [4.69, 9.17) is 0 Å². The van der Waals surface area contributed by atoms with Gasteiger partial charge in [0.15, 0.2) is 0 Å². The van der Waals surface area contributed by atoms with Crippen LogP contribution < -0.4 is 10.6 Å². The number of benzene rings is 2. The highest BCUT2D eigenvalue weighted by Crippen LogP contribution is 2.36. The Hall–Kier alpha value is -2.35. The van der Waals surface area contributed by atoms with Crippen molar-refractivity contribution in [1.29, 1.82) is 0 Å². The normalized spacial score (nSPS) is 11.1. The molecule has 2 aromatic rings. The van der Waals surface area contributed by atoms with Gasteiger partial charge in [-0.25, -0.2) is 0 Å². The fourth-order valence-electron chi connectivity index (χ4n) is 2.20. The second-order valence-electron chi connectivity index (χ2n) is 5.50. The lowest BCUT2D eigenvalue weighted by molar-refractivity contribution is -0.138. The first-order valence-corrected chi connectivity index (χ1v) is 8.52. The van der Waals surface area contributed by atoms with E-state index in [1.54, 1.807) is 0 Å². The minimum atomic E-state index is -4.52. The Morgan fingerprint density at radius 2 is 1.69 bits per heavy atom. The Labute approximate surface area is 156 Å². The molecule has 0 aromatic heterocycles. The van der Waals surface area contributed by atoms with Crippen molar-refractivity contribution in [2.75, 3.05) is 11.9 Å². The van der Waals surface area contributed by atoms with Crippen LogP contribution in [0.4, 0.5) is 18.9 Å². The van der Waals surface area contributed by atoms with Crippen LogP contribution in [0.3, 0.4) is 0 Å². The molecule has 0 atom stereocenters. The minimum absolute atomic E-state index is 0.0427. The van der Waals surface area contributed by atoms with Crippen LogP contribution in [-0.2, 0) is 22.2 Å². The summed E-state index contributed by atoms with van der Waals surface area (Å²) in [7, 11) is 0. The third-order valence-electron chi connectivity index (χ3n) is 3.44. The van der Waals surface area contributed by atoms with Gasteiger partial charge in [0.05, 0.1) is 12.0 Å². The highest BCUT2D eigenvalue weighted by atomic mass is 79.9. The summed E-state index contributed by atoms with van der Waals surface area (Å²) in [5.74, 6) is -0.715. The van der Waals surface area contributed by atoms with Gasteiger partial charge in [0.25, 0.3) is 0 Å². The predicted molar refractivity (Wildman–Crippen MR) is 95.5 cm³/mol. The standard InChI is InChI=1S/C18H16BrF3N2O2/c19-15-7-6-13(11-14(15)18(20,21)22)24-16(25)8-9-23-17(26)10-12-4-2-1-3-5-12/h1-7,11H,8-10H2,(H,23,26)(H,24,25). The summed E-state index contributed by atoms with van der Waals surface area (Å²) in [6.07, 6.45) is -4.37. The quantitative estimate of drug-likeness (QED) is 0.725. The van der Waals surface area contributed by atoms with Crippen molar-refractivity contribution < 1.29 is 22.8 Å². The molecule has 0 spiro atoms. The molecule has 0 radical (unpaired) electrons. The molecule has 2 amide bonds. The summed E-state index contributed by atoms with van der Waals surface area (Å²) >= 11 is 2.84. The van der Waals surface area contributed by atoms with E-state index >= 15 is 0 Å². The van der Waals surface area contributed by atoms with Gasteiger partial charge in [-0.2, -0.15) is 13.2 Å².